The Morgan fingerprint density at radius 2 is 1.44 bits per heavy atom. The van der Waals surface area contributed by atoms with Crippen LogP contribution in [-0.4, -0.2) is 12.1 Å². The number of fused-ring (bicyclic) bond motifs is 1. The molecule has 0 saturated heterocycles. The Morgan fingerprint density at radius 1 is 0.800 bits per heavy atom. The van der Waals surface area contributed by atoms with Gasteiger partial charge in [-0.05, 0) is 47.2 Å². The minimum atomic E-state index is -0.400. The van der Waals surface area contributed by atoms with E-state index in [0.29, 0.717) is 5.75 Å². The molecule has 0 bridgehead atoms. The SMILES string of the molecule is O=C(NC1Cc2ccccc2C1)Oc1cccc(-c2ccccc2)c1. The van der Waals surface area contributed by atoms with Crippen molar-refractivity contribution in [3.63, 3.8) is 0 Å². The van der Waals surface area contributed by atoms with Crippen molar-refractivity contribution in [1.82, 2.24) is 5.32 Å². The first-order valence-corrected chi connectivity index (χ1v) is 8.48. The third kappa shape index (κ3) is 3.56. The molecule has 124 valence electrons. The molecule has 0 saturated carbocycles. The van der Waals surface area contributed by atoms with Crippen molar-refractivity contribution >= 4 is 6.09 Å². The molecule has 0 fully saturated rings. The van der Waals surface area contributed by atoms with Crippen LogP contribution in [0.3, 0.4) is 0 Å². The summed E-state index contributed by atoms with van der Waals surface area (Å²) in [4.78, 5) is 12.2. The number of ether oxygens (including phenoxy) is 1. The molecule has 0 aliphatic heterocycles. The maximum Gasteiger partial charge on any atom is 0.412 e. The first kappa shape index (κ1) is 15.5. The summed E-state index contributed by atoms with van der Waals surface area (Å²) in [5.74, 6) is 0.550. The summed E-state index contributed by atoms with van der Waals surface area (Å²) in [5, 5.41) is 2.97. The van der Waals surface area contributed by atoms with Crippen LogP contribution in [0.5, 0.6) is 5.75 Å². The first-order chi connectivity index (χ1) is 12.3. The second kappa shape index (κ2) is 6.81. The van der Waals surface area contributed by atoms with Gasteiger partial charge in [0.1, 0.15) is 5.75 Å². The van der Waals surface area contributed by atoms with E-state index < -0.39 is 6.09 Å². The molecule has 0 unspecified atom stereocenters. The lowest BCUT2D eigenvalue weighted by atomic mass is 10.1. The molecule has 0 spiro atoms. The fourth-order valence-corrected chi connectivity index (χ4v) is 3.33. The van der Waals surface area contributed by atoms with Crippen LogP contribution in [-0.2, 0) is 12.8 Å². The molecule has 1 N–H and O–H groups in total. The topological polar surface area (TPSA) is 38.3 Å². The van der Waals surface area contributed by atoms with Gasteiger partial charge in [0.25, 0.3) is 0 Å². The molecular formula is C22H19NO2. The van der Waals surface area contributed by atoms with Gasteiger partial charge < -0.3 is 10.1 Å². The lowest BCUT2D eigenvalue weighted by Gasteiger charge is -2.12. The van der Waals surface area contributed by atoms with Gasteiger partial charge in [0.2, 0.25) is 0 Å². The van der Waals surface area contributed by atoms with E-state index >= 15 is 0 Å². The Balaban J connectivity index is 1.40. The standard InChI is InChI=1S/C22H19NO2/c24-22(23-20-13-17-9-4-5-10-18(17)14-20)25-21-12-6-11-19(15-21)16-7-2-1-3-8-16/h1-12,15,20H,13-14H2,(H,23,24). The summed E-state index contributed by atoms with van der Waals surface area (Å²) < 4.78 is 5.49. The maximum atomic E-state index is 12.2. The van der Waals surface area contributed by atoms with Gasteiger partial charge in [0.05, 0.1) is 0 Å². The molecule has 0 heterocycles. The van der Waals surface area contributed by atoms with Gasteiger partial charge in [-0.3, -0.25) is 0 Å². The average Bonchev–Trinajstić information content (AvgIpc) is 3.04. The van der Waals surface area contributed by atoms with Gasteiger partial charge in [-0.25, -0.2) is 4.79 Å². The van der Waals surface area contributed by atoms with Crippen LogP contribution in [0.1, 0.15) is 11.1 Å². The van der Waals surface area contributed by atoms with E-state index in [1.54, 1.807) is 6.07 Å². The number of carbonyl (C=O) groups is 1. The van der Waals surface area contributed by atoms with Crippen molar-refractivity contribution in [3.8, 4) is 16.9 Å². The van der Waals surface area contributed by atoms with Crippen LogP contribution in [0, 0.1) is 0 Å². The van der Waals surface area contributed by atoms with Gasteiger partial charge in [0, 0.05) is 6.04 Å². The molecular weight excluding hydrogens is 310 g/mol. The molecule has 3 heteroatoms. The highest BCUT2D eigenvalue weighted by Crippen LogP contribution is 2.24. The van der Waals surface area contributed by atoms with Crippen LogP contribution < -0.4 is 10.1 Å². The average molecular weight is 329 g/mol. The normalized spacial score (nSPS) is 13.3. The van der Waals surface area contributed by atoms with Crippen LogP contribution >= 0.6 is 0 Å². The van der Waals surface area contributed by atoms with Crippen molar-refractivity contribution in [2.24, 2.45) is 0 Å². The fraction of sp³-hybridized carbons (Fsp3) is 0.136. The third-order valence-corrected chi connectivity index (χ3v) is 4.52. The van der Waals surface area contributed by atoms with Crippen molar-refractivity contribution in [1.29, 1.82) is 0 Å². The molecule has 0 atom stereocenters. The van der Waals surface area contributed by atoms with Gasteiger partial charge >= 0.3 is 6.09 Å². The van der Waals surface area contributed by atoms with Crippen LogP contribution in [0.15, 0.2) is 78.9 Å². The highest BCUT2D eigenvalue weighted by atomic mass is 16.6. The predicted molar refractivity (Wildman–Crippen MR) is 98.7 cm³/mol. The number of nitrogens with one attached hydrogen (secondary N) is 1. The number of carbonyl (C=O) groups excluding carboxylic acids is 1. The summed E-state index contributed by atoms with van der Waals surface area (Å²) in [6.07, 6.45) is 1.31. The Morgan fingerprint density at radius 3 is 2.16 bits per heavy atom. The molecule has 3 aromatic carbocycles. The van der Waals surface area contributed by atoms with E-state index in [9.17, 15) is 4.79 Å². The highest BCUT2D eigenvalue weighted by Gasteiger charge is 2.23. The second-order valence-electron chi connectivity index (χ2n) is 6.30. The third-order valence-electron chi connectivity index (χ3n) is 4.52. The summed E-state index contributed by atoms with van der Waals surface area (Å²) >= 11 is 0. The summed E-state index contributed by atoms with van der Waals surface area (Å²) in [6, 6.07) is 26.0. The Labute approximate surface area is 147 Å². The van der Waals surface area contributed by atoms with Crippen LogP contribution in [0.25, 0.3) is 11.1 Å². The molecule has 4 rings (SSSR count). The monoisotopic (exact) mass is 329 g/mol. The summed E-state index contributed by atoms with van der Waals surface area (Å²) in [5.41, 5.74) is 4.73. The summed E-state index contributed by atoms with van der Waals surface area (Å²) in [6.45, 7) is 0. The van der Waals surface area contributed by atoms with Crippen molar-refractivity contribution in [2.75, 3.05) is 0 Å². The molecule has 1 amide bonds. The number of hydrogen-bond acceptors (Lipinski definition) is 2. The Kier molecular flexibility index (Phi) is 4.21. The fourth-order valence-electron chi connectivity index (χ4n) is 3.33. The van der Waals surface area contributed by atoms with E-state index in [1.165, 1.54) is 11.1 Å². The van der Waals surface area contributed by atoms with Crippen molar-refractivity contribution in [2.45, 2.75) is 18.9 Å². The van der Waals surface area contributed by atoms with E-state index in [0.717, 1.165) is 24.0 Å². The lowest BCUT2D eigenvalue weighted by Crippen LogP contribution is -2.37. The zero-order valence-electron chi connectivity index (χ0n) is 13.8. The summed E-state index contributed by atoms with van der Waals surface area (Å²) in [7, 11) is 0. The molecule has 1 aliphatic carbocycles. The Hall–Kier alpha value is -3.07. The van der Waals surface area contributed by atoms with Crippen molar-refractivity contribution in [3.05, 3.63) is 90.0 Å². The number of hydrogen-bond donors (Lipinski definition) is 1. The van der Waals surface area contributed by atoms with E-state index in [1.807, 2.05) is 60.7 Å². The van der Waals surface area contributed by atoms with E-state index in [-0.39, 0.29) is 6.04 Å². The molecule has 0 aromatic heterocycles. The molecule has 0 radical (unpaired) electrons. The second-order valence-corrected chi connectivity index (χ2v) is 6.30. The van der Waals surface area contributed by atoms with Gasteiger partial charge in [-0.2, -0.15) is 0 Å². The smallest absolute Gasteiger partial charge is 0.410 e. The minimum absolute atomic E-state index is 0.0993. The van der Waals surface area contributed by atoms with Gasteiger partial charge in [-0.1, -0.05) is 66.7 Å². The van der Waals surface area contributed by atoms with E-state index in [4.69, 9.17) is 4.74 Å². The van der Waals surface area contributed by atoms with Gasteiger partial charge in [-0.15, -0.1) is 0 Å². The number of amides is 1. The van der Waals surface area contributed by atoms with Crippen LogP contribution in [0.2, 0.25) is 0 Å². The molecule has 3 nitrogen and oxygen atoms in total. The number of rotatable bonds is 3. The first-order valence-electron chi connectivity index (χ1n) is 8.48. The van der Waals surface area contributed by atoms with Crippen molar-refractivity contribution < 1.29 is 9.53 Å². The van der Waals surface area contributed by atoms with Crippen LogP contribution in [0.4, 0.5) is 4.79 Å². The lowest BCUT2D eigenvalue weighted by molar-refractivity contribution is 0.196. The molecule has 25 heavy (non-hydrogen) atoms. The predicted octanol–water partition coefficient (Wildman–Crippen LogP) is 4.61. The van der Waals surface area contributed by atoms with Gasteiger partial charge in [0.15, 0.2) is 0 Å². The minimum Gasteiger partial charge on any atom is -0.410 e. The maximum absolute atomic E-state index is 12.2. The zero-order valence-corrected chi connectivity index (χ0v) is 13.8. The zero-order chi connectivity index (χ0) is 17.1. The molecule has 1 aliphatic rings. The highest BCUT2D eigenvalue weighted by molar-refractivity contribution is 5.72. The largest absolute Gasteiger partial charge is 0.412 e. The molecule has 3 aromatic rings. The van der Waals surface area contributed by atoms with E-state index in [2.05, 4.69) is 17.4 Å². The number of benzene rings is 3. The quantitative estimate of drug-likeness (QED) is 0.762. The Bertz CT molecular complexity index is 864.